The third kappa shape index (κ3) is 4.15. The molecule has 0 saturated carbocycles. The van der Waals surface area contributed by atoms with Gasteiger partial charge in [-0.2, -0.15) is 0 Å². The average Bonchev–Trinajstić information content (AvgIpc) is 3.40. The van der Waals surface area contributed by atoms with Crippen LogP contribution in [0.3, 0.4) is 0 Å². The van der Waals surface area contributed by atoms with Crippen molar-refractivity contribution in [3.63, 3.8) is 0 Å². The summed E-state index contributed by atoms with van der Waals surface area (Å²) in [5.41, 5.74) is 0.734. The normalized spacial score (nSPS) is 25.1. The monoisotopic (exact) mass is 435 g/mol. The Kier molecular flexibility index (Phi) is 5.71. The molecule has 168 valence electrons. The standard InChI is InChI=1S/C20H24FN4O6/c1-12(27)25(30)10-16-9-24(20(29)31-16)15-2-3-18(17(21)4-15)22-5-13-7-23(19(28)11-26)8-14(13)6-22/h2-4,13-14,16,26H,5-11H2,1H3/q-1/t13-,14+,16-/m0/s1. The second-order valence-corrected chi connectivity index (χ2v) is 8.21. The van der Waals surface area contributed by atoms with Crippen molar-refractivity contribution >= 4 is 29.3 Å². The van der Waals surface area contributed by atoms with Crippen LogP contribution < -0.4 is 9.80 Å². The molecule has 0 aliphatic carbocycles. The summed E-state index contributed by atoms with van der Waals surface area (Å²) >= 11 is 0. The molecule has 1 aromatic rings. The maximum absolute atomic E-state index is 14.9. The first-order valence-electron chi connectivity index (χ1n) is 10.1. The number of hydrogen-bond donors (Lipinski definition) is 1. The number of likely N-dealkylation sites (tertiary alicyclic amines) is 1. The summed E-state index contributed by atoms with van der Waals surface area (Å²) in [5, 5.41) is 20.8. The number of carbonyl (C=O) groups excluding carboxylic acids is 3. The molecule has 3 fully saturated rings. The fourth-order valence-corrected chi connectivity index (χ4v) is 4.55. The molecule has 1 N–H and O–H groups in total. The Bertz CT molecular complexity index is 884. The van der Waals surface area contributed by atoms with Crippen molar-refractivity contribution in [1.82, 2.24) is 9.96 Å². The lowest BCUT2D eigenvalue weighted by Gasteiger charge is -2.28. The molecule has 4 rings (SSSR count). The first-order valence-corrected chi connectivity index (χ1v) is 10.1. The second kappa shape index (κ2) is 8.31. The van der Waals surface area contributed by atoms with E-state index in [4.69, 9.17) is 9.84 Å². The molecule has 3 heterocycles. The molecule has 3 amide bonds. The number of anilines is 2. The topological polar surface area (TPSA) is 117 Å². The van der Waals surface area contributed by atoms with Gasteiger partial charge in [-0.3, -0.25) is 14.5 Å². The number of fused-ring (bicyclic) bond motifs is 1. The Morgan fingerprint density at radius 2 is 1.90 bits per heavy atom. The van der Waals surface area contributed by atoms with Crippen LogP contribution in [-0.2, 0) is 14.3 Å². The van der Waals surface area contributed by atoms with E-state index < -0.39 is 30.5 Å². The number of ether oxygens (including phenoxy) is 1. The van der Waals surface area contributed by atoms with Gasteiger partial charge >= 0.3 is 6.09 Å². The maximum Gasteiger partial charge on any atom is 0.414 e. The van der Waals surface area contributed by atoms with Gasteiger partial charge in [-0.05, 0) is 18.2 Å². The molecule has 1 aromatic carbocycles. The number of cyclic esters (lactones) is 1. The highest BCUT2D eigenvalue weighted by Gasteiger charge is 2.42. The lowest BCUT2D eigenvalue weighted by atomic mass is 10.0. The van der Waals surface area contributed by atoms with Gasteiger partial charge in [0.05, 0.1) is 17.9 Å². The number of carbonyl (C=O) groups is 3. The first kappa shape index (κ1) is 21.3. The van der Waals surface area contributed by atoms with E-state index in [1.54, 1.807) is 17.0 Å². The molecule has 3 aliphatic rings. The highest BCUT2D eigenvalue weighted by molar-refractivity contribution is 5.90. The largest absolute Gasteiger partial charge is 0.756 e. The van der Waals surface area contributed by atoms with Crippen molar-refractivity contribution in [2.45, 2.75) is 13.0 Å². The number of hydrogen-bond acceptors (Lipinski definition) is 7. The zero-order valence-electron chi connectivity index (χ0n) is 17.1. The van der Waals surface area contributed by atoms with Crippen LogP contribution in [0.2, 0.25) is 0 Å². The molecule has 0 bridgehead atoms. The highest BCUT2D eigenvalue weighted by atomic mass is 19.1. The minimum atomic E-state index is -0.779. The first-order chi connectivity index (χ1) is 14.8. The van der Waals surface area contributed by atoms with Gasteiger partial charge in [-0.1, -0.05) is 0 Å². The number of rotatable bonds is 5. The number of nitrogens with zero attached hydrogens (tertiary/aromatic N) is 4. The highest BCUT2D eigenvalue weighted by Crippen LogP contribution is 2.36. The van der Waals surface area contributed by atoms with Gasteiger partial charge in [0.1, 0.15) is 18.5 Å². The van der Waals surface area contributed by atoms with Crippen molar-refractivity contribution in [3.8, 4) is 0 Å². The molecule has 3 atom stereocenters. The second-order valence-electron chi connectivity index (χ2n) is 8.21. The van der Waals surface area contributed by atoms with E-state index >= 15 is 0 Å². The summed E-state index contributed by atoms with van der Waals surface area (Å²) in [7, 11) is 0. The van der Waals surface area contributed by atoms with Crippen LogP contribution in [0.25, 0.3) is 0 Å². The summed E-state index contributed by atoms with van der Waals surface area (Å²) in [5.74, 6) is -0.994. The average molecular weight is 435 g/mol. The minimum Gasteiger partial charge on any atom is -0.756 e. The molecular formula is C20H24FN4O6-. The number of amides is 3. The molecule has 0 spiro atoms. The Morgan fingerprint density at radius 1 is 1.23 bits per heavy atom. The SMILES string of the molecule is CC(=O)N([O-])C[C@@H]1CN(c2ccc(N3C[C@H]4CN(C(=O)CO)C[C@H]4C3)c(F)c2)C(=O)O1. The van der Waals surface area contributed by atoms with Crippen molar-refractivity contribution in [1.29, 1.82) is 0 Å². The van der Waals surface area contributed by atoms with E-state index in [0.717, 1.165) is 6.92 Å². The van der Waals surface area contributed by atoms with Gasteiger partial charge in [-0.25, -0.2) is 9.18 Å². The van der Waals surface area contributed by atoms with Gasteiger partial charge < -0.3 is 29.9 Å². The number of hydroxylamine groups is 2. The van der Waals surface area contributed by atoms with Crippen LogP contribution >= 0.6 is 0 Å². The van der Waals surface area contributed by atoms with E-state index in [1.165, 1.54) is 11.0 Å². The zero-order valence-corrected chi connectivity index (χ0v) is 17.1. The Labute approximate surface area is 178 Å². The van der Waals surface area contributed by atoms with Crippen molar-refractivity contribution in [2.75, 3.05) is 55.7 Å². The van der Waals surface area contributed by atoms with Crippen molar-refractivity contribution in [3.05, 3.63) is 29.2 Å². The quantitative estimate of drug-likeness (QED) is 0.665. The summed E-state index contributed by atoms with van der Waals surface area (Å²) in [6.45, 7) is 2.72. The predicted octanol–water partition coefficient (Wildman–Crippen LogP) is 0.384. The molecule has 31 heavy (non-hydrogen) atoms. The van der Waals surface area contributed by atoms with Crippen LogP contribution in [0, 0.1) is 22.9 Å². The van der Waals surface area contributed by atoms with Crippen molar-refractivity contribution in [2.24, 2.45) is 11.8 Å². The van der Waals surface area contributed by atoms with Crippen LogP contribution in [0.15, 0.2) is 18.2 Å². The van der Waals surface area contributed by atoms with Crippen LogP contribution in [0.5, 0.6) is 0 Å². The van der Waals surface area contributed by atoms with E-state index in [-0.39, 0.29) is 35.9 Å². The molecule has 0 unspecified atom stereocenters. The summed E-state index contributed by atoms with van der Waals surface area (Å²) in [4.78, 5) is 39.7. The molecular weight excluding hydrogens is 411 g/mol. The molecule has 3 saturated heterocycles. The Morgan fingerprint density at radius 3 is 2.48 bits per heavy atom. The third-order valence-corrected chi connectivity index (χ3v) is 6.15. The lowest BCUT2D eigenvalue weighted by Crippen LogP contribution is -2.35. The number of benzene rings is 1. The predicted molar refractivity (Wildman–Crippen MR) is 108 cm³/mol. The van der Waals surface area contributed by atoms with Gasteiger partial charge in [0.25, 0.3) is 0 Å². The molecule has 11 heteroatoms. The maximum atomic E-state index is 14.9. The molecule has 10 nitrogen and oxygen atoms in total. The zero-order chi connectivity index (χ0) is 22.3. The smallest absolute Gasteiger partial charge is 0.414 e. The van der Waals surface area contributed by atoms with Gasteiger partial charge in [-0.15, -0.1) is 0 Å². The third-order valence-electron chi connectivity index (χ3n) is 6.15. The summed E-state index contributed by atoms with van der Waals surface area (Å²) in [6, 6.07) is 4.49. The Balaban J connectivity index is 1.40. The number of aliphatic hydroxyl groups excluding tert-OH is 1. The van der Waals surface area contributed by atoms with Gasteiger partial charge in [0, 0.05) is 51.5 Å². The number of aliphatic hydroxyl groups is 1. The van der Waals surface area contributed by atoms with Crippen LogP contribution in [0.1, 0.15) is 6.92 Å². The van der Waals surface area contributed by atoms with E-state index in [0.29, 0.717) is 37.6 Å². The van der Waals surface area contributed by atoms with Gasteiger partial charge in [0.15, 0.2) is 0 Å². The van der Waals surface area contributed by atoms with Crippen LogP contribution in [-0.4, -0.2) is 85.0 Å². The molecule has 3 aliphatic heterocycles. The fourth-order valence-electron chi connectivity index (χ4n) is 4.55. The lowest BCUT2D eigenvalue weighted by molar-refractivity contribution is -0.133. The molecule has 0 aromatic heterocycles. The van der Waals surface area contributed by atoms with Gasteiger partial charge in [0.2, 0.25) is 11.8 Å². The van der Waals surface area contributed by atoms with E-state index in [2.05, 4.69) is 0 Å². The van der Waals surface area contributed by atoms with Crippen LogP contribution in [0.4, 0.5) is 20.6 Å². The molecule has 0 radical (unpaired) electrons. The van der Waals surface area contributed by atoms with Crippen molar-refractivity contribution < 1.29 is 28.6 Å². The number of halogens is 1. The van der Waals surface area contributed by atoms with E-state index in [1.807, 2.05) is 4.90 Å². The summed E-state index contributed by atoms with van der Waals surface area (Å²) < 4.78 is 20.0. The summed E-state index contributed by atoms with van der Waals surface area (Å²) in [6.07, 6.45) is -1.47. The van der Waals surface area contributed by atoms with E-state index in [9.17, 15) is 24.0 Å². The fraction of sp³-hybridized carbons (Fsp3) is 0.550. The Hall–Kier alpha value is -2.92. The minimum absolute atomic E-state index is 0.0478.